The van der Waals surface area contributed by atoms with Gasteiger partial charge in [-0.3, -0.25) is 9.69 Å². The number of amides is 1. The van der Waals surface area contributed by atoms with Crippen molar-refractivity contribution in [3.8, 4) is 0 Å². The summed E-state index contributed by atoms with van der Waals surface area (Å²) in [5.74, 6) is 0.263. The van der Waals surface area contributed by atoms with Crippen LogP contribution in [0.1, 0.15) is 33.6 Å². The van der Waals surface area contributed by atoms with Crippen LogP contribution in [0.3, 0.4) is 0 Å². The van der Waals surface area contributed by atoms with Crippen molar-refractivity contribution in [2.45, 2.75) is 33.6 Å². The highest BCUT2D eigenvalue weighted by atomic mass is 16.2. The normalized spacial score (nSPS) is 18.8. The summed E-state index contributed by atoms with van der Waals surface area (Å²) in [5.41, 5.74) is 5.81. The minimum absolute atomic E-state index is 0.263. The Morgan fingerprint density at radius 1 is 1.24 bits per heavy atom. The molecule has 1 amide bonds. The molecular formula is C13H27N3O. The van der Waals surface area contributed by atoms with Gasteiger partial charge in [0.1, 0.15) is 0 Å². The fraction of sp³-hybridized carbons (Fsp3) is 0.923. The average molecular weight is 241 g/mol. The van der Waals surface area contributed by atoms with Gasteiger partial charge >= 0.3 is 0 Å². The molecule has 1 aliphatic heterocycles. The highest BCUT2D eigenvalue weighted by Gasteiger charge is 2.24. The Morgan fingerprint density at radius 2 is 1.94 bits per heavy atom. The first-order valence-corrected chi connectivity index (χ1v) is 6.62. The summed E-state index contributed by atoms with van der Waals surface area (Å²) in [6.07, 6.45) is 2.05. The molecule has 0 radical (unpaired) electrons. The van der Waals surface area contributed by atoms with E-state index in [0.29, 0.717) is 18.5 Å². The van der Waals surface area contributed by atoms with Crippen molar-refractivity contribution in [1.29, 1.82) is 0 Å². The third-order valence-electron chi connectivity index (χ3n) is 3.21. The van der Waals surface area contributed by atoms with Crippen LogP contribution >= 0.6 is 0 Å². The van der Waals surface area contributed by atoms with Crippen molar-refractivity contribution in [3.05, 3.63) is 0 Å². The van der Waals surface area contributed by atoms with Crippen LogP contribution in [0.15, 0.2) is 0 Å². The fourth-order valence-electron chi connectivity index (χ4n) is 1.96. The van der Waals surface area contributed by atoms with E-state index >= 15 is 0 Å². The molecule has 1 heterocycles. The van der Waals surface area contributed by atoms with Gasteiger partial charge in [0.15, 0.2) is 0 Å². The molecule has 0 spiro atoms. The molecule has 0 saturated carbocycles. The highest BCUT2D eigenvalue weighted by Crippen LogP contribution is 2.19. The van der Waals surface area contributed by atoms with E-state index < -0.39 is 0 Å². The van der Waals surface area contributed by atoms with E-state index in [9.17, 15) is 4.79 Å². The highest BCUT2D eigenvalue weighted by molar-refractivity contribution is 5.79. The SMILES string of the molecule is CC(C)(C)CCN1CCN(CCCN)C(=O)C1. The Bertz CT molecular complexity index is 248. The molecule has 4 heteroatoms. The molecule has 0 aliphatic carbocycles. The van der Waals surface area contributed by atoms with Crippen LogP contribution in [-0.2, 0) is 4.79 Å². The first kappa shape index (κ1) is 14.5. The second-order valence-corrected chi connectivity index (χ2v) is 6.11. The maximum absolute atomic E-state index is 11.9. The van der Waals surface area contributed by atoms with Crippen LogP contribution in [-0.4, -0.2) is 55.0 Å². The largest absolute Gasteiger partial charge is 0.340 e. The molecule has 4 nitrogen and oxygen atoms in total. The molecule has 0 bridgehead atoms. The Kier molecular flexibility index (Phi) is 5.40. The molecule has 1 fully saturated rings. The molecule has 1 saturated heterocycles. The fourth-order valence-corrected chi connectivity index (χ4v) is 1.96. The smallest absolute Gasteiger partial charge is 0.236 e. The molecule has 0 atom stereocenters. The van der Waals surface area contributed by atoms with Gasteiger partial charge in [-0.25, -0.2) is 0 Å². The van der Waals surface area contributed by atoms with Crippen LogP contribution in [0.2, 0.25) is 0 Å². The Labute approximate surface area is 105 Å². The first-order chi connectivity index (χ1) is 7.92. The number of carbonyl (C=O) groups is 1. The summed E-state index contributed by atoms with van der Waals surface area (Å²) < 4.78 is 0. The van der Waals surface area contributed by atoms with E-state index in [1.54, 1.807) is 0 Å². The number of nitrogens with zero attached hydrogens (tertiary/aromatic N) is 2. The minimum Gasteiger partial charge on any atom is -0.340 e. The lowest BCUT2D eigenvalue weighted by Crippen LogP contribution is -2.51. The Morgan fingerprint density at radius 3 is 2.47 bits per heavy atom. The van der Waals surface area contributed by atoms with Crippen LogP contribution < -0.4 is 5.73 Å². The lowest BCUT2D eigenvalue weighted by Gasteiger charge is -2.35. The van der Waals surface area contributed by atoms with Gasteiger partial charge in [-0.2, -0.15) is 0 Å². The third kappa shape index (κ3) is 5.50. The second kappa shape index (κ2) is 6.36. The molecule has 0 aromatic carbocycles. The Balaban J connectivity index is 2.29. The lowest BCUT2D eigenvalue weighted by molar-refractivity contribution is -0.136. The van der Waals surface area contributed by atoms with Gasteiger partial charge in [0.05, 0.1) is 6.54 Å². The summed E-state index contributed by atoms with van der Waals surface area (Å²) in [6, 6.07) is 0. The molecule has 1 rings (SSSR count). The van der Waals surface area contributed by atoms with E-state index in [4.69, 9.17) is 5.73 Å². The summed E-state index contributed by atoms with van der Waals surface area (Å²) >= 11 is 0. The van der Waals surface area contributed by atoms with Crippen molar-refractivity contribution in [2.75, 3.05) is 39.3 Å². The Hall–Kier alpha value is -0.610. The van der Waals surface area contributed by atoms with Crippen LogP contribution in [0, 0.1) is 5.41 Å². The number of hydrogen-bond donors (Lipinski definition) is 1. The van der Waals surface area contributed by atoms with Gasteiger partial charge in [0.25, 0.3) is 0 Å². The van der Waals surface area contributed by atoms with Crippen molar-refractivity contribution in [1.82, 2.24) is 9.80 Å². The molecule has 17 heavy (non-hydrogen) atoms. The zero-order valence-corrected chi connectivity index (χ0v) is 11.5. The van der Waals surface area contributed by atoms with E-state index in [0.717, 1.165) is 39.0 Å². The number of hydrogen-bond acceptors (Lipinski definition) is 3. The molecule has 0 aromatic heterocycles. The van der Waals surface area contributed by atoms with Gasteiger partial charge in [0.2, 0.25) is 5.91 Å². The predicted molar refractivity (Wildman–Crippen MR) is 70.8 cm³/mol. The molecule has 0 aromatic rings. The van der Waals surface area contributed by atoms with Crippen molar-refractivity contribution in [3.63, 3.8) is 0 Å². The van der Waals surface area contributed by atoms with Gasteiger partial charge < -0.3 is 10.6 Å². The van der Waals surface area contributed by atoms with E-state index in [1.165, 1.54) is 0 Å². The monoisotopic (exact) mass is 241 g/mol. The van der Waals surface area contributed by atoms with Gasteiger partial charge in [-0.15, -0.1) is 0 Å². The topological polar surface area (TPSA) is 49.6 Å². The van der Waals surface area contributed by atoms with Crippen LogP contribution in [0.5, 0.6) is 0 Å². The van der Waals surface area contributed by atoms with E-state index in [1.807, 2.05) is 4.90 Å². The second-order valence-electron chi connectivity index (χ2n) is 6.11. The predicted octanol–water partition coefficient (Wildman–Crippen LogP) is 0.916. The number of nitrogens with two attached hydrogens (primary N) is 1. The third-order valence-corrected chi connectivity index (χ3v) is 3.21. The van der Waals surface area contributed by atoms with Crippen LogP contribution in [0.4, 0.5) is 0 Å². The quantitative estimate of drug-likeness (QED) is 0.778. The maximum Gasteiger partial charge on any atom is 0.236 e. The van der Waals surface area contributed by atoms with Crippen molar-refractivity contribution < 1.29 is 4.79 Å². The van der Waals surface area contributed by atoms with E-state index in [2.05, 4.69) is 25.7 Å². The lowest BCUT2D eigenvalue weighted by atomic mass is 9.92. The summed E-state index contributed by atoms with van der Waals surface area (Å²) in [7, 11) is 0. The van der Waals surface area contributed by atoms with Crippen molar-refractivity contribution >= 4 is 5.91 Å². The zero-order chi connectivity index (χ0) is 12.9. The molecule has 1 aliphatic rings. The van der Waals surface area contributed by atoms with Gasteiger partial charge in [0, 0.05) is 19.6 Å². The molecule has 0 unspecified atom stereocenters. The summed E-state index contributed by atoms with van der Waals surface area (Å²) in [4.78, 5) is 16.1. The standard InChI is InChI=1S/C13H27N3O/c1-13(2,3)5-8-15-9-10-16(7-4-6-14)12(17)11-15/h4-11,14H2,1-3H3. The summed E-state index contributed by atoms with van der Waals surface area (Å²) in [5, 5.41) is 0. The van der Waals surface area contributed by atoms with Gasteiger partial charge in [-0.05, 0) is 31.3 Å². The van der Waals surface area contributed by atoms with E-state index in [-0.39, 0.29) is 5.91 Å². The average Bonchev–Trinajstić information content (AvgIpc) is 2.24. The molecule has 2 N–H and O–H groups in total. The van der Waals surface area contributed by atoms with Crippen LogP contribution in [0.25, 0.3) is 0 Å². The molecule has 100 valence electrons. The number of piperazine rings is 1. The number of rotatable bonds is 5. The summed E-state index contributed by atoms with van der Waals surface area (Å²) in [6.45, 7) is 11.7. The maximum atomic E-state index is 11.9. The molecular weight excluding hydrogens is 214 g/mol. The van der Waals surface area contributed by atoms with Crippen molar-refractivity contribution in [2.24, 2.45) is 11.1 Å². The van der Waals surface area contributed by atoms with Gasteiger partial charge in [-0.1, -0.05) is 20.8 Å². The first-order valence-electron chi connectivity index (χ1n) is 6.62. The minimum atomic E-state index is 0.263. The number of carbonyl (C=O) groups excluding carboxylic acids is 1. The zero-order valence-electron chi connectivity index (χ0n) is 11.5.